The summed E-state index contributed by atoms with van der Waals surface area (Å²) in [6, 6.07) is 37.7. The molecule has 0 aliphatic rings. The first-order valence-corrected chi connectivity index (χ1v) is 12.1. The van der Waals surface area contributed by atoms with Crippen LogP contribution in [0.4, 0.5) is 0 Å². The van der Waals surface area contributed by atoms with Gasteiger partial charge < -0.3 is 18.0 Å². The van der Waals surface area contributed by atoms with Gasteiger partial charge in [-0.1, -0.05) is 59.7 Å². The molecule has 0 spiro atoms. The summed E-state index contributed by atoms with van der Waals surface area (Å²) < 4.78 is 17.4. The average molecular weight is 469 g/mol. The first kappa shape index (κ1) is 20.7. The van der Waals surface area contributed by atoms with Crippen molar-refractivity contribution in [2.24, 2.45) is 0 Å². The van der Waals surface area contributed by atoms with Crippen LogP contribution in [0.5, 0.6) is 0 Å². The minimum absolute atomic E-state index is 0.760. The van der Waals surface area contributed by atoms with Crippen molar-refractivity contribution < 1.29 is 8.83 Å². The fourth-order valence-corrected chi connectivity index (χ4v) is 4.95. The maximum atomic E-state index is 6.42. The van der Waals surface area contributed by atoms with Crippen molar-refractivity contribution in [1.82, 2.24) is 9.13 Å². The molecule has 0 saturated carbocycles. The van der Waals surface area contributed by atoms with Gasteiger partial charge in [-0.15, -0.1) is 0 Å². The Morgan fingerprint density at radius 1 is 0.417 bits per heavy atom. The standard InChI is InChI=1S/C32H24N2O2/c1-21-11-15-23(16-12-21)33-25-7-3-5-9-29(25)35-31-20-32-28(19-27(31)33)34(24-17-13-22(2)14-18-24)26-8-4-6-10-30(26)36-32/h3-20H,1-2H3. The molecule has 36 heavy (non-hydrogen) atoms. The summed E-state index contributed by atoms with van der Waals surface area (Å²) in [5.74, 6) is 0. The zero-order valence-corrected chi connectivity index (χ0v) is 20.1. The van der Waals surface area contributed by atoms with Crippen LogP contribution in [0.25, 0.3) is 55.8 Å². The van der Waals surface area contributed by atoms with E-state index in [9.17, 15) is 0 Å². The third-order valence-corrected chi connectivity index (χ3v) is 6.76. The number of aromatic nitrogens is 2. The van der Waals surface area contributed by atoms with Gasteiger partial charge in [-0.3, -0.25) is 0 Å². The lowest BCUT2D eigenvalue weighted by Gasteiger charge is -2.19. The van der Waals surface area contributed by atoms with Gasteiger partial charge in [0.15, 0.2) is 22.3 Å². The highest BCUT2D eigenvalue weighted by Crippen LogP contribution is 2.34. The average Bonchev–Trinajstić information content (AvgIpc) is 2.91. The molecule has 0 saturated heterocycles. The molecular formula is C32H24N2O2. The van der Waals surface area contributed by atoms with E-state index in [4.69, 9.17) is 8.83 Å². The van der Waals surface area contributed by atoms with Gasteiger partial charge in [0, 0.05) is 17.4 Å². The van der Waals surface area contributed by atoms with E-state index in [1.54, 1.807) is 0 Å². The molecule has 0 bridgehead atoms. The number of rotatable bonds is 2. The predicted octanol–water partition coefficient (Wildman–Crippen LogP) is 8.81. The Kier molecular flexibility index (Phi) is 4.55. The fourth-order valence-electron chi connectivity index (χ4n) is 4.95. The lowest BCUT2D eigenvalue weighted by Crippen LogP contribution is -2.03. The number of fused-ring (bicyclic) bond motifs is 4. The Morgan fingerprint density at radius 2 is 0.833 bits per heavy atom. The number of benzene rings is 5. The van der Waals surface area contributed by atoms with Crippen molar-refractivity contribution in [1.29, 1.82) is 0 Å². The van der Waals surface area contributed by atoms with Crippen LogP contribution in [0.2, 0.25) is 0 Å². The van der Waals surface area contributed by atoms with Crippen LogP contribution in [-0.4, -0.2) is 9.13 Å². The molecule has 0 aliphatic heterocycles. The Balaban J connectivity index is 1.67. The highest BCUT2D eigenvalue weighted by Gasteiger charge is 2.16. The van der Waals surface area contributed by atoms with E-state index in [2.05, 4.69) is 89.7 Å². The summed E-state index contributed by atoms with van der Waals surface area (Å²) in [5, 5.41) is 0. The van der Waals surface area contributed by atoms with E-state index in [1.165, 1.54) is 11.1 Å². The van der Waals surface area contributed by atoms with Crippen molar-refractivity contribution in [3.05, 3.63) is 120 Å². The summed E-state index contributed by atoms with van der Waals surface area (Å²) in [7, 11) is 0. The van der Waals surface area contributed by atoms with Gasteiger partial charge in [-0.05, 0) is 68.4 Å². The molecule has 0 unspecified atom stereocenters. The quantitative estimate of drug-likeness (QED) is 0.238. The SMILES string of the molecule is Cc1ccc(-n2c3ccccc3oc3cc4oc5ccccc5n(-c5ccc(C)cc5)c4cc32)cc1. The Bertz CT molecular complexity index is 1800. The summed E-state index contributed by atoms with van der Waals surface area (Å²) in [5.41, 5.74) is 11.7. The molecule has 4 nitrogen and oxygen atoms in total. The van der Waals surface area contributed by atoms with Crippen LogP contribution in [-0.2, 0) is 0 Å². The maximum Gasteiger partial charge on any atom is 0.155 e. The van der Waals surface area contributed by atoms with Crippen LogP contribution in [0.15, 0.2) is 118 Å². The second-order valence-electron chi connectivity index (χ2n) is 9.27. The van der Waals surface area contributed by atoms with Gasteiger partial charge >= 0.3 is 0 Å². The van der Waals surface area contributed by atoms with E-state index < -0.39 is 0 Å². The number of hydrogen-bond acceptors (Lipinski definition) is 2. The lowest BCUT2D eigenvalue weighted by atomic mass is 10.1. The van der Waals surface area contributed by atoms with Crippen LogP contribution >= 0.6 is 0 Å². The number of hydrogen-bond donors (Lipinski definition) is 0. The summed E-state index contributed by atoms with van der Waals surface area (Å²) in [6.45, 7) is 4.21. The second kappa shape index (κ2) is 7.92. The smallest absolute Gasteiger partial charge is 0.155 e. The number of aryl methyl sites for hydroxylation is 2. The highest BCUT2D eigenvalue weighted by molar-refractivity contribution is 5.97. The van der Waals surface area contributed by atoms with Gasteiger partial charge in [0.25, 0.3) is 0 Å². The number of para-hydroxylation sites is 4. The Labute approximate surface area is 207 Å². The van der Waals surface area contributed by atoms with Crippen LogP contribution in [0, 0.1) is 13.8 Å². The molecule has 0 aliphatic carbocycles. The molecule has 0 fully saturated rings. The van der Waals surface area contributed by atoms with Crippen LogP contribution < -0.4 is 0 Å². The molecule has 0 N–H and O–H groups in total. The molecule has 0 amide bonds. The van der Waals surface area contributed by atoms with Crippen molar-refractivity contribution >= 4 is 44.4 Å². The molecule has 4 heteroatoms. The molecule has 174 valence electrons. The lowest BCUT2D eigenvalue weighted by molar-refractivity contribution is 0.639. The summed E-state index contributed by atoms with van der Waals surface area (Å²) in [4.78, 5) is 0. The predicted molar refractivity (Wildman–Crippen MR) is 147 cm³/mol. The van der Waals surface area contributed by atoms with Gasteiger partial charge in [0.2, 0.25) is 0 Å². The first-order chi connectivity index (χ1) is 17.7. The van der Waals surface area contributed by atoms with Gasteiger partial charge in [-0.25, -0.2) is 0 Å². The zero-order valence-electron chi connectivity index (χ0n) is 20.1. The van der Waals surface area contributed by atoms with Gasteiger partial charge in [0.05, 0.1) is 22.1 Å². The first-order valence-electron chi connectivity index (χ1n) is 12.1. The Hall–Kier alpha value is -4.70. The van der Waals surface area contributed by atoms with E-state index in [0.717, 1.165) is 55.8 Å². The maximum absolute atomic E-state index is 6.42. The van der Waals surface area contributed by atoms with Crippen LogP contribution in [0.3, 0.4) is 0 Å². The molecule has 5 aromatic carbocycles. The normalized spacial score (nSPS) is 11.6. The van der Waals surface area contributed by atoms with Gasteiger partial charge in [0.1, 0.15) is 0 Å². The van der Waals surface area contributed by atoms with E-state index >= 15 is 0 Å². The number of nitrogens with zero attached hydrogens (tertiary/aromatic N) is 2. The molecule has 7 aromatic rings. The Morgan fingerprint density at radius 3 is 1.28 bits per heavy atom. The van der Waals surface area contributed by atoms with Crippen molar-refractivity contribution in [2.75, 3.05) is 0 Å². The minimum Gasteiger partial charge on any atom is -0.453 e. The molecular weight excluding hydrogens is 444 g/mol. The molecule has 7 rings (SSSR count). The molecule has 2 aromatic heterocycles. The fraction of sp³-hybridized carbons (Fsp3) is 0.0625. The second-order valence-corrected chi connectivity index (χ2v) is 9.27. The third kappa shape index (κ3) is 3.23. The topological polar surface area (TPSA) is 36.1 Å². The van der Waals surface area contributed by atoms with E-state index in [0.29, 0.717) is 0 Å². The van der Waals surface area contributed by atoms with Crippen LogP contribution in [0.1, 0.15) is 11.1 Å². The zero-order chi connectivity index (χ0) is 24.2. The van der Waals surface area contributed by atoms with Crippen molar-refractivity contribution in [3.63, 3.8) is 0 Å². The highest BCUT2D eigenvalue weighted by atomic mass is 16.3. The molecule has 0 atom stereocenters. The molecule has 2 heterocycles. The monoisotopic (exact) mass is 468 g/mol. The minimum atomic E-state index is 0.760. The van der Waals surface area contributed by atoms with E-state index in [1.807, 2.05) is 42.5 Å². The van der Waals surface area contributed by atoms with E-state index in [-0.39, 0.29) is 0 Å². The summed E-state index contributed by atoms with van der Waals surface area (Å²) in [6.07, 6.45) is 0. The largest absolute Gasteiger partial charge is 0.453 e. The van der Waals surface area contributed by atoms with Gasteiger partial charge in [-0.2, -0.15) is 0 Å². The van der Waals surface area contributed by atoms with Crippen molar-refractivity contribution in [3.8, 4) is 11.4 Å². The third-order valence-electron chi connectivity index (χ3n) is 6.76. The molecule has 0 radical (unpaired) electrons. The summed E-state index contributed by atoms with van der Waals surface area (Å²) >= 11 is 0. The van der Waals surface area contributed by atoms with Crippen molar-refractivity contribution in [2.45, 2.75) is 13.8 Å².